The first-order chi connectivity index (χ1) is 12.0. The van der Waals surface area contributed by atoms with Gasteiger partial charge in [-0.25, -0.2) is 9.37 Å². The predicted octanol–water partition coefficient (Wildman–Crippen LogP) is 2.64. The number of hydrogen-bond donors (Lipinski definition) is 2. The standard InChI is InChI=1S/C19H27FN2O3/c1-13(2)18(12-23)21-11-17-15(20)3-4-16(22-17)14-5-7-19(8-6-14)24-9-10-25-19/h3-5,13,18,21,23H,6-12H2,1-2H3/t18-/m0/s1. The lowest BCUT2D eigenvalue weighted by molar-refractivity contribution is -0.159. The van der Waals surface area contributed by atoms with E-state index >= 15 is 0 Å². The molecule has 0 bridgehead atoms. The molecule has 1 spiro atoms. The quantitative estimate of drug-likeness (QED) is 0.826. The number of hydrogen-bond acceptors (Lipinski definition) is 5. The van der Waals surface area contributed by atoms with Gasteiger partial charge in [0.05, 0.1) is 31.2 Å². The highest BCUT2D eigenvalue weighted by atomic mass is 19.1. The summed E-state index contributed by atoms with van der Waals surface area (Å²) in [5, 5.41) is 12.6. The predicted molar refractivity (Wildman–Crippen MR) is 93.2 cm³/mol. The van der Waals surface area contributed by atoms with Crippen LogP contribution in [0.4, 0.5) is 4.39 Å². The first-order valence-electron chi connectivity index (χ1n) is 9.00. The van der Waals surface area contributed by atoms with Crippen molar-refractivity contribution >= 4 is 5.57 Å². The van der Waals surface area contributed by atoms with Gasteiger partial charge in [0.25, 0.3) is 0 Å². The van der Waals surface area contributed by atoms with Gasteiger partial charge in [0.1, 0.15) is 5.82 Å². The van der Waals surface area contributed by atoms with Crippen LogP contribution in [0.5, 0.6) is 0 Å². The van der Waals surface area contributed by atoms with E-state index in [2.05, 4.69) is 16.4 Å². The fraction of sp³-hybridized carbons (Fsp3) is 0.632. The van der Waals surface area contributed by atoms with Gasteiger partial charge in [0.15, 0.2) is 5.79 Å². The number of aliphatic hydroxyl groups excluding tert-OH is 1. The van der Waals surface area contributed by atoms with Crippen molar-refractivity contribution in [3.63, 3.8) is 0 Å². The second-order valence-electron chi connectivity index (χ2n) is 7.08. The Bertz CT molecular complexity index is 627. The van der Waals surface area contributed by atoms with E-state index in [1.54, 1.807) is 6.07 Å². The second kappa shape index (κ2) is 7.91. The highest BCUT2D eigenvalue weighted by Gasteiger charge is 2.37. The van der Waals surface area contributed by atoms with Gasteiger partial charge in [-0.05, 0) is 30.0 Å². The van der Waals surface area contributed by atoms with Crippen molar-refractivity contribution < 1.29 is 19.0 Å². The molecule has 2 N–H and O–H groups in total. The van der Waals surface area contributed by atoms with E-state index < -0.39 is 5.79 Å². The van der Waals surface area contributed by atoms with Crippen LogP contribution in [0.3, 0.4) is 0 Å². The number of pyridine rings is 1. The molecule has 1 aliphatic carbocycles. The monoisotopic (exact) mass is 350 g/mol. The number of nitrogens with one attached hydrogen (secondary N) is 1. The summed E-state index contributed by atoms with van der Waals surface area (Å²) in [5.41, 5.74) is 2.29. The molecule has 6 heteroatoms. The molecule has 1 atom stereocenters. The molecule has 0 unspecified atom stereocenters. The molecule has 0 radical (unpaired) electrons. The Hall–Kier alpha value is -1.34. The first-order valence-corrected chi connectivity index (χ1v) is 9.00. The SMILES string of the molecule is CC(C)[C@H](CO)NCc1nc(C2=CCC3(CC2)OCCO3)ccc1F. The number of allylic oxidation sites excluding steroid dienone is 1. The topological polar surface area (TPSA) is 63.6 Å². The number of halogens is 1. The fourth-order valence-corrected chi connectivity index (χ4v) is 3.33. The largest absolute Gasteiger partial charge is 0.395 e. The van der Waals surface area contributed by atoms with Gasteiger partial charge >= 0.3 is 0 Å². The van der Waals surface area contributed by atoms with Crippen molar-refractivity contribution in [3.8, 4) is 0 Å². The molecule has 1 aromatic rings. The van der Waals surface area contributed by atoms with Crippen LogP contribution in [0, 0.1) is 11.7 Å². The van der Waals surface area contributed by atoms with E-state index in [1.807, 2.05) is 13.8 Å². The number of aromatic nitrogens is 1. The normalized spacial score (nSPS) is 20.9. The van der Waals surface area contributed by atoms with Crippen LogP contribution < -0.4 is 5.32 Å². The minimum absolute atomic E-state index is 0.0201. The lowest BCUT2D eigenvalue weighted by Crippen LogP contribution is -2.37. The zero-order valence-corrected chi connectivity index (χ0v) is 14.9. The van der Waals surface area contributed by atoms with E-state index in [1.165, 1.54) is 6.07 Å². The smallest absolute Gasteiger partial charge is 0.172 e. The van der Waals surface area contributed by atoms with E-state index in [9.17, 15) is 9.50 Å². The molecule has 0 aromatic carbocycles. The number of aliphatic hydroxyl groups is 1. The van der Waals surface area contributed by atoms with Gasteiger partial charge in [-0.2, -0.15) is 0 Å². The molecule has 2 heterocycles. The van der Waals surface area contributed by atoms with Crippen LogP contribution in [-0.4, -0.2) is 41.7 Å². The molecular weight excluding hydrogens is 323 g/mol. The molecule has 0 saturated carbocycles. The van der Waals surface area contributed by atoms with Gasteiger partial charge in [-0.3, -0.25) is 0 Å². The maximum Gasteiger partial charge on any atom is 0.172 e. The highest BCUT2D eigenvalue weighted by molar-refractivity contribution is 5.63. The van der Waals surface area contributed by atoms with Crippen molar-refractivity contribution in [3.05, 3.63) is 35.4 Å². The van der Waals surface area contributed by atoms with Gasteiger partial charge < -0.3 is 19.9 Å². The third-order valence-corrected chi connectivity index (χ3v) is 5.03. The Kier molecular flexibility index (Phi) is 5.84. The maximum atomic E-state index is 14.1. The summed E-state index contributed by atoms with van der Waals surface area (Å²) in [6, 6.07) is 3.12. The average molecular weight is 350 g/mol. The van der Waals surface area contributed by atoms with Gasteiger partial charge in [-0.1, -0.05) is 19.9 Å². The summed E-state index contributed by atoms with van der Waals surface area (Å²) in [7, 11) is 0. The molecule has 3 rings (SSSR count). The Labute approximate surface area is 148 Å². The lowest BCUT2D eigenvalue weighted by atomic mass is 9.92. The van der Waals surface area contributed by atoms with E-state index in [0.29, 0.717) is 31.9 Å². The van der Waals surface area contributed by atoms with Crippen LogP contribution in [0.1, 0.15) is 44.5 Å². The van der Waals surface area contributed by atoms with Gasteiger partial charge in [0.2, 0.25) is 0 Å². The number of rotatable bonds is 6. The Balaban J connectivity index is 1.70. The second-order valence-corrected chi connectivity index (χ2v) is 7.08. The first kappa shape index (κ1) is 18.5. The summed E-state index contributed by atoms with van der Waals surface area (Å²) in [4.78, 5) is 4.51. The van der Waals surface area contributed by atoms with Gasteiger partial charge in [0, 0.05) is 25.4 Å². The highest BCUT2D eigenvalue weighted by Crippen LogP contribution is 2.37. The molecular formula is C19H27FN2O3. The molecule has 25 heavy (non-hydrogen) atoms. The molecule has 0 amide bonds. The zero-order chi connectivity index (χ0) is 17.9. The average Bonchev–Trinajstić information content (AvgIpc) is 3.05. The summed E-state index contributed by atoms with van der Waals surface area (Å²) < 4.78 is 25.6. The Morgan fingerprint density at radius 3 is 2.68 bits per heavy atom. The minimum Gasteiger partial charge on any atom is -0.395 e. The van der Waals surface area contributed by atoms with Crippen LogP contribution in [-0.2, 0) is 16.0 Å². The molecule has 1 fully saturated rings. The van der Waals surface area contributed by atoms with Crippen molar-refractivity contribution in [1.82, 2.24) is 10.3 Å². The van der Waals surface area contributed by atoms with Crippen molar-refractivity contribution in [2.75, 3.05) is 19.8 Å². The summed E-state index contributed by atoms with van der Waals surface area (Å²) in [5.74, 6) is -0.522. The van der Waals surface area contributed by atoms with E-state index in [4.69, 9.17) is 9.47 Å². The number of ether oxygens (including phenoxy) is 2. The molecule has 1 saturated heterocycles. The zero-order valence-electron chi connectivity index (χ0n) is 14.9. The molecule has 1 aromatic heterocycles. The molecule has 2 aliphatic rings. The van der Waals surface area contributed by atoms with Crippen LogP contribution in [0.25, 0.3) is 5.57 Å². The van der Waals surface area contributed by atoms with Crippen molar-refractivity contribution in [2.24, 2.45) is 5.92 Å². The lowest BCUT2D eigenvalue weighted by Gasteiger charge is -2.30. The third kappa shape index (κ3) is 4.26. The fourth-order valence-electron chi connectivity index (χ4n) is 3.33. The van der Waals surface area contributed by atoms with Crippen molar-refractivity contribution in [1.29, 1.82) is 0 Å². The minimum atomic E-state index is -0.459. The molecule has 1 aliphatic heterocycles. The summed E-state index contributed by atoms with van der Waals surface area (Å²) in [6.07, 6.45) is 4.40. The van der Waals surface area contributed by atoms with E-state index in [0.717, 1.165) is 24.1 Å². The van der Waals surface area contributed by atoms with Crippen LogP contribution in [0.15, 0.2) is 18.2 Å². The number of nitrogens with zero attached hydrogens (tertiary/aromatic N) is 1. The Morgan fingerprint density at radius 2 is 2.08 bits per heavy atom. The summed E-state index contributed by atoms with van der Waals surface area (Å²) >= 11 is 0. The van der Waals surface area contributed by atoms with Crippen LogP contribution >= 0.6 is 0 Å². The van der Waals surface area contributed by atoms with Crippen molar-refractivity contribution in [2.45, 2.75) is 51.5 Å². The van der Waals surface area contributed by atoms with E-state index in [-0.39, 0.29) is 24.4 Å². The van der Waals surface area contributed by atoms with Gasteiger partial charge in [-0.15, -0.1) is 0 Å². The third-order valence-electron chi connectivity index (χ3n) is 5.03. The Morgan fingerprint density at radius 1 is 1.32 bits per heavy atom. The molecule has 5 nitrogen and oxygen atoms in total. The van der Waals surface area contributed by atoms with Crippen LogP contribution in [0.2, 0.25) is 0 Å². The summed E-state index contributed by atoms with van der Waals surface area (Å²) in [6.45, 7) is 5.65. The molecule has 138 valence electrons. The maximum absolute atomic E-state index is 14.1.